The van der Waals surface area contributed by atoms with Crippen LogP contribution in [0.5, 0.6) is 0 Å². The van der Waals surface area contributed by atoms with Crippen LogP contribution in [0, 0.1) is 0 Å². The number of benzene rings is 1. The van der Waals surface area contributed by atoms with Crippen LogP contribution in [0.3, 0.4) is 0 Å². The largest absolute Gasteiger partial charge is 0.465 e. The molecule has 0 saturated carbocycles. The predicted octanol–water partition coefficient (Wildman–Crippen LogP) is 1.25. The molecule has 1 aromatic rings. The van der Waals surface area contributed by atoms with E-state index in [1.54, 1.807) is 24.3 Å². The summed E-state index contributed by atoms with van der Waals surface area (Å²) < 4.78 is 5.32. The standard InChI is InChI=1S/C12H13NO4/c14-11(9-4-2-1-3-5-9)10-8-13(12(15)16)6-7-17-10/h1-5,10H,6-8H2,(H,15,16)/t10-/m1/s1. The van der Waals surface area contributed by atoms with E-state index in [1.807, 2.05) is 6.07 Å². The Bertz CT molecular complexity index is 418. The number of ketones is 1. The normalized spacial score (nSPS) is 20.0. The minimum atomic E-state index is -1.01. The van der Waals surface area contributed by atoms with E-state index in [2.05, 4.69) is 0 Å². The van der Waals surface area contributed by atoms with E-state index in [-0.39, 0.29) is 18.9 Å². The Kier molecular flexibility index (Phi) is 3.39. The molecular formula is C12H13NO4. The summed E-state index contributed by atoms with van der Waals surface area (Å²) in [5, 5.41) is 8.87. The van der Waals surface area contributed by atoms with E-state index in [4.69, 9.17) is 9.84 Å². The second-order valence-corrected chi connectivity index (χ2v) is 3.82. The van der Waals surface area contributed by atoms with Crippen LogP contribution in [0.2, 0.25) is 0 Å². The van der Waals surface area contributed by atoms with Crippen molar-refractivity contribution >= 4 is 11.9 Å². The summed E-state index contributed by atoms with van der Waals surface area (Å²) >= 11 is 0. The lowest BCUT2D eigenvalue weighted by atomic mass is 10.1. The van der Waals surface area contributed by atoms with Gasteiger partial charge in [-0.2, -0.15) is 0 Å². The molecule has 1 aromatic carbocycles. The molecule has 0 aliphatic carbocycles. The molecule has 1 fully saturated rings. The highest BCUT2D eigenvalue weighted by atomic mass is 16.5. The van der Waals surface area contributed by atoms with Gasteiger partial charge in [0.05, 0.1) is 13.2 Å². The number of morpholine rings is 1. The van der Waals surface area contributed by atoms with Gasteiger partial charge in [0.25, 0.3) is 0 Å². The van der Waals surface area contributed by atoms with Crippen molar-refractivity contribution in [3.63, 3.8) is 0 Å². The van der Waals surface area contributed by atoms with Crippen molar-refractivity contribution in [1.29, 1.82) is 0 Å². The number of ether oxygens (including phenoxy) is 1. The third-order valence-corrected chi connectivity index (χ3v) is 2.69. The minimum absolute atomic E-state index is 0.100. The number of carbonyl (C=O) groups excluding carboxylic acids is 1. The van der Waals surface area contributed by atoms with E-state index >= 15 is 0 Å². The summed E-state index contributed by atoms with van der Waals surface area (Å²) in [4.78, 5) is 24.0. The number of hydrogen-bond acceptors (Lipinski definition) is 3. The van der Waals surface area contributed by atoms with Crippen LogP contribution >= 0.6 is 0 Å². The number of amides is 1. The summed E-state index contributed by atoms with van der Waals surface area (Å²) in [5.74, 6) is -0.170. The molecule has 1 atom stereocenters. The van der Waals surface area contributed by atoms with Gasteiger partial charge in [-0.15, -0.1) is 0 Å². The van der Waals surface area contributed by atoms with Crippen LogP contribution in [0.4, 0.5) is 4.79 Å². The Morgan fingerprint density at radius 3 is 2.65 bits per heavy atom. The van der Waals surface area contributed by atoms with Crippen LogP contribution in [-0.4, -0.2) is 47.7 Å². The summed E-state index contributed by atoms with van der Waals surface area (Å²) in [6, 6.07) is 8.76. The lowest BCUT2D eigenvalue weighted by molar-refractivity contribution is -0.0111. The summed E-state index contributed by atoms with van der Waals surface area (Å²) in [6.45, 7) is 0.673. The first kappa shape index (κ1) is 11.6. The Morgan fingerprint density at radius 2 is 2.00 bits per heavy atom. The van der Waals surface area contributed by atoms with Crippen LogP contribution in [-0.2, 0) is 4.74 Å². The molecule has 0 bridgehead atoms. The summed E-state index contributed by atoms with van der Waals surface area (Å²) in [6.07, 6.45) is -1.71. The average Bonchev–Trinajstić information content (AvgIpc) is 2.39. The van der Waals surface area contributed by atoms with E-state index in [1.165, 1.54) is 4.90 Å². The molecule has 1 aliphatic rings. The molecule has 1 N–H and O–H groups in total. The topological polar surface area (TPSA) is 66.8 Å². The van der Waals surface area contributed by atoms with Gasteiger partial charge in [0, 0.05) is 12.1 Å². The monoisotopic (exact) mass is 235 g/mol. The number of Topliss-reactive ketones (excluding diaryl/α,β-unsaturated/α-hetero) is 1. The summed E-state index contributed by atoms with van der Waals surface area (Å²) in [7, 11) is 0. The van der Waals surface area contributed by atoms with Crippen molar-refractivity contribution in [2.24, 2.45) is 0 Å². The summed E-state index contributed by atoms with van der Waals surface area (Å²) in [5.41, 5.74) is 0.546. The van der Waals surface area contributed by atoms with Gasteiger partial charge in [-0.05, 0) is 0 Å². The molecule has 1 heterocycles. The molecule has 0 unspecified atom stereocenters. The molecule has 0 aromatic heterocycles. The first-order chi connectivity index (χ1) is 8.18. The van der Waals surface area contributed by atoms with Gasteiger partial charge in [0.15, 0.2) is 5.78 Å². The Morgan fingerprint density at radius 1 is 1.29 bits per heavy atom. The highest BCUT2D eigenvalue weighted by molar-refractivity contribution is 5.99. The van der Waals surface area contributed by atoms with Gasteiger partial charge in [-0.1, -0.05) is 30.3 Å². The molecule has 5 nitrogen and oxygen atoms in total. The fraction of sp³-hybridized carbons (Fsp3) is 0.333. The Labute approximate surface area is 98.6 Å². The zero-order chi connectivity index (χ0) is 12.3. The molecule has 1 aliphatic heterocycles. The van der Waals surface area contributed by atoms with Crippen LogP contribution in [0.25, 0.3) is 0 Å². The Hall–Kier alpha value is -1.88. The SMILES string of the molecule is O=C(c1ccccc1)[C@H]1CN(C(=O)O)CCO1. The van der Waals surface area contributed by atoms with E-state index in [0.29, 0.717) is 12.1 Å². The van der Waals surface area contributed by atoms with Crippen molar-refractivity contribution in [1.82, 2.24) is 4.90 Å². The van der Waals surface area contributed by atoms with Gasteiger partial charge in [-0.3, -0.25) is 4.79 Å². The molecule has 5 heteroatoms. The molecule has 0 spiro atoms. The van der Waals surface area contributed by atoms with Gasteiger partial charge in [0.2, 0.25) is 0 Å². The van der Waals surface area contributed by atoms with Crippen molar-refractivity contribution in [2.75, 3.05) is 19.7 Å². The lowest BCUT2D eigenvalue weighted by Crippen LogP contribution is -2.48. The average molecular weight is 235 g/mol. The van der Waals surface area contributed by atoms with Crippen molar-refractivity contribution in [3.8, 4) is 0 Å². The van der Waals surface area contributed by atoms with E-state index < -0.39 is 12.2 Å². The number of hydrogen-bond donors (Lipinski definition) is 1. The fourth-order valence-corrected chi connectivity index (χ4v) is 1.77. The smallest absolute Gasteiger partial charge is 0.407 e. The second kappa shape index (κ2) is 4.97. The van der Waals surface area contributed by atoms with Crippen molar-refractivity contribution < 1.29 is 19.4 Å². The lowest BCUT2D eigenvalue weighted by Gasteiger charge is -2.30. The number of carbonyl (C=O) groups is 2. The third-order valence-electron chi connectivity index (χ3n) is 2.69. The predicted molar refractivity (Wildman–Crippen MR) is 60.1 cm³/mol. The highest BCUT2D eigenvalue weighted by Crippen LogP contribution is 2.11. The molecule has 90 valence electrons. The maximum atomic E-state index is 12.0. The van der Waals surface area contributed by atoms with Gasteiger partial charge in [0.1, 0.15) is 6.10 Å². The minimum Gasteiger partial charge on any atom is -0.465 e. The number of carboxylic acid groups (broad SMARTS) is 1. The molecular weight excluding hydrogens is 222 g/mol. The molecule has 1 amide bonds. The van der Waals surface area contributed by atoms with E-state index in [9.17, 15) is 9.59 Å². The highest BCUT2D eigenvalue weighted by Gasteiger charge is 2.29. The van der Waals surface area contributed by atoms with Gasteiger partial charge < -0.3 is 14.7 Å². The molecule has 0 radical (unpaired) electrons. The second-order valence-electron chi connectivity index (χ2n) is 3.82. The maximum Gasteiger partial charge on any atom is 0.407 e. The van der Waals surface area contributed by atoms with Gasteiger partial charge >= 0.3 is 6.09 Å². The third kappa shape index (κ3) is 2.62. The molecule has 17 heavy (non-hydrogen) atoms. The van der Waals surface area contributed by atoms with Crippen LogP contribution in [0.1, 0.15) is 10.4 Å². The first-order valence-corrected chi connectivity index (χ1v) is 5.37. The maximum absolute atomic E-state index is 12.0. The first-order valence-electron chi connectivity index (χ1n) is 5.37. The van der Waals surface area contributed by atoms with Crippen molar-refractivity contribution in [3.05, 3.63) is 35.9 Å². The van der Waals surface area contributed by atoms with Crippen LogP contribution < -0.4 is 0 Å². The number of rotatable bonds is 2. The Balaban J connectivity index is 2.07. The zero-order valence-electron chi connectivity index (χ0n) is 9.20. The van der Waals surface area contributed by atoms with Crippen LogP contribution in [0.15, 0.2) is 30.3 Å². The zero-order valence-corrected chi connectivity index (χ0v) is 9.20. The molecule has 1 saturated heterocycles. The number of nitrogens with zero attached hydrogens (tertiary/aromatic N) is 1. The van der Waals surface area contributed by atoms with Gasteiger partial charge in [-0.25, -0.2) is 4.79 Å². The fourth-order valence-electron chi connectivity index (χ4n) is 1.77. The quantitative estimate of drug-likeness (QED) is 0.783. The van der Waals surface area contributed by atoms with E-state index in [0.717, 1.165) is 0 Å². The molecule has 2 rings (SSSR count). The van der Waals surface area contributed by atoms with Crippen molar-refractivity contribution in [2.45, 2.75) is 6.10 Å².